The van der Waals surface area contributed by atoms with Crippen molar-refractivity contribution >= 4 is 26.4 Å². The number of aryl methyl sites for hydroxylation is 1. The Labute approximate surface area is 173 Å². The molecule has 0 radical (unpaired) electrons. The van der Waals surface area contributed by atoms with Gasteiger partial charge in [0.2, 0.25) is 10.0 Å². The van der Waals surface area contributed by atoms with Crippen LogP contribution < -0.4 is 9.46 Å². The second-order valence-electron chi connectivity index (χ2n) is 6.65. The Hall–Kier alpha value is -3.08. The first kappa shape index (κ1) is 20.2. The van der Waals surface area contributed by atoms with Crippen molar-refractivity contribution in [2.24, 2.45) is 0 Å². The number of methoxy groups -OCH3 is 2. The van der Waals surface area contributed by atoms with E-state index >= 15 is 0 Å². The van der Waals surface area contributed by atoms with Gasteiger partial charge in [0.05, 0.1) is 19.4 Å². The molecule has 10 heteroatoms. The molecule has 156 valence electrons. The molecule has 0 fully saturated rings. The summed E-state index contributed by atoms with van der Waals surface area (Å²) in [4.78, 5) is 0.00728. The number of ether oxygens (including phenoxy) is 2. The van der Waals surface area contributed by atoms with Crippen LogP contribution >= 0.6 is 0 Å². The summed E-state index contributed by atoms with van der Waals surface area (Å²) in [6.45, 7) is 2.31. The van der Waals surface area contributed by atoms with Crippen LogP contribution in [0.15, 0.2) is 47.4 Å². The molecule has 0 aliphatic carbocycles. The van der Waals surface area contributed by atoms with Crippen molar-refractivity contribution in [1.82, 2.24) is 24.5 Å². The quantitative estimate of drug-likeness (QED) is 0.451. The van der Waals surface area contributed by atoms with Gasteiger partial charge >= 0.3 is 0 Å². The highest BCUT2D eigenvalue weighted by Crippen LogP contribution is 2.30. The average Bonchev–Trinajstić information content (AvgIpc) is 3.17. The van der Waals surface area contributed by atoms with Crippen LogP contribution in [0.2, 0.25) is 0 Å². The first-order valence-corrected chi connectivity index (χ1v) is 10.7. The third kappa shape index (κ3) is 3.49. The summed E-state index contributed by atoms with van der Waals surface area (Å²) in [6.07, 6.45) is 0. The van der Waals surface area contributed by atoms with Crippen molar-refractivity contribution in [2.75, 3.05) is 27.4 Å². The second kappa shape index (κ2) is 7.98. The summed E-state index contributed by atoms with van der Waals surface area (Å²) < 4.78 is 39.9. The fourth-order valence-electron chi connectivity index (χ4n) is 3.30. The first-order chi connectivity index (χ1) is 14.5. The second-order valence-corrected chi connectivity index (χ2v) is 8.38. The van der Waals surface area contributed by atoms with Gasteiger partial charge in [-0.1, -0.05) is 24.3 Å². The minimum absolute atomic E-state index is 0.00728. The van der Waals surface area contributed by atoms with E-state index in [2.05, 4.69) is 20.0 Å². The summed E-state index contributed by atoms with van der Waals surface area (Å²) in [6, 6.07) is 12.7. The predicted octanol–water partition coefficient (Wildman–Crippen LogP) is 2.19. The molecule has 30 heavy (non-hydrogen) atoms. The molecule has 0 saturated carbocycles. The predicted molar refractivity (Wildman–Crippen MR) is 112 cm³/mol. The maximum absolute atomic E-state index is 12.8. The van der Waals surface area contributed by atoms with Crippen molar-refractivity contribution < 1.29 is 17.9 Å². The molecule has 9 nitrogen and oxygen atoms in total. The summed E-state index contributed by atoms with van der Waals surface area (Å²) in [5.41, 5.74) is 1.98. The van der Waals surface area contributed by atoms with Crippen LogP contribution in [0.25, 0.3) is 27.8 Å². The van der Waals surface area contributed by atoms with Crippen LogP contribution in [0, 0.1) is 6.92 Å². The van der Waals surface area contributed by atoms with Crippen LogP contribution in [-0.2, 0) is 14.8 Å². The number of rotatable bonds is 7. The lowest BCUT2D eigenvalue weighted by atomic mass is 10.1. The lowest BCUT2D eigenvalue weighted by Gasteiger charge is -2.12. The average molecular weight is 427 g/mol. The van der Waals surface area contributed by atoms with Crippen LogP contribution in [0.5, 0.6) is 5.75 Å². The molecule has 0 aliphatic rings. The summed E-state index contributed by atoms with van der Waals surface area (Å²) in [7, 11) is -0.890. The Morgan fingerprint density at radius 3 is 2.57 bits per heavy atom. The number of nitrogens with zero attached hydrogens (tertiary/aromatic N) is 4. The van der Waals surface area contributed by atoms with Crippen molar-refractivity contribution in [3.8, 4) is 17.1 Å². The number of sulfonamides is 1. The normalized spacial score (nSPS) is 12.0. The lowest BCUT2D eigenvalue weighted by Crippen LogP contribution is -2.27. The van der Waals surface area contributed by atoms with Gasteiger partial charge in [0.1, 0.15) is 10.6 Å². The lowest BCUT2D eigenvalue weighted by molar-refractivity contribution is 0.204. The molecule has 1 N–H and O–H groups in total. The molecule has 0 unspecified atom stereocenters. The zero-order valence-corrected chi connectivity index (χ0v) is 17.6. The van der Waals surface area contributed by atoms with E-state index in [-0.39, 0.29) is 23.8 Å². The molecule has 2 aromatic carbocycles. The van der Waals surface area contributed by atoms with E-state index in [9.17, 15) is 8.42 Å². The molecule has 2 heterocycles. The number of hydrogen-bond acceptors (Lipinski definition) is 7. The molecule has 4 aromatic rings. The third-order valence-corrected chi connectivity index (χ3v) is 6.24. The van der Waals surface area contributed by atoms with Gasteiger partial charge in [0, 0.05) is 30.0 Å². The van der Waals surface area contributed by atoms with Gasteiger partial charge in [0.25, 0.3) is 0 Å². The molecule has 0 spiro atoms. The van der Waals surface area contributed by atoms with E-state index in [1.165, 1.54) is 20.3 Å². The van der Waals surface area contributed by atoms with Crippen molar-refractivity contribution in [3.05, 3.63) is 48.2 Å². The molecule has 0 aliphatic heterocycles. The Morgan fingerprint density at radius 2 is 1.83 bits per heavy atom. The highest BCUT2D eigenvalue weighted by Gasteiger charge is 2.22. The maximum Gasteiger partial charge on any atom is 0.244 e. The smallest absolute Gasteiger partial charge is 0.244 e. The van der Waals surface area contributed by atoms with Gasteiger partial charge in [-0.05, 0) is 25.1 Å². The SMILES string of the molecule is COCCNS(=O)(=O)c1cc(-c2nnc3c4ccccc4c(C)nn23)ccc1OC. The van der Waals surface area contributed by atoms with Crippen LogP contribution in [-0.4, -0.2) is 55.6 Å². The minimum Gasteiger partial charge on any atom is -0.495 e. The largest absolute Gasteiger partial charge is 0.495 e. The number of hydrogen-bond donors (Lipinski definition) is 1. The van der Waals surface area contributed by atoms with Gasteiger partial charge in [-0.15, -0.1) is 10.2 Å². The van der Waals surface area contributed by atoms with E-state index in [1.54, 1.807) is 16.6 Å². The van der Waals surface area contributed by atoms with Gasteiger partial charge in [0.15, 0.2) is 11.5 Å². The number of benzene rings is 2. The zero-order chi connectivity index (χ0) is 21.3. The molecular weight excluding hydrogens is 406 g/mol. The standard InChI is InChI=1S/C20H21N5O4S/c1-13-15-6-4-5-7-16(15)20-23-22-19(25(20)24-13)14-8-9-17(29-3)18(12-14)30(26,27)21-10-11-28-2/h4-9,12,21H,10-11H2,1-3H3. The van der Waals surface area contributed by atoms with Crippen molar-refractivity contribution in [1.29, 1.82) is 0 Å². The summed E-state index contributed by atoms with van der Waals surface area (Å²) in [5, 5.41) is 15.1. The highest BCUT2D eigenvalue weighted by atomic mass is 32.2. The summed E-state index contributed by atoms with van der Waals surface area (Å²) >= 11 is 0. The van der Waals surface area contributed by atoms with E-state index < -0.39 is 10.0 Å². The Balaban J connectivity index is 1.86. The van der Waals surface area contributed by atoms with Crippen molar-refractivity contribution in [2.45, 2.75) is 11.8 Å². The molecule has 0 bridgehead atoms. The minimum atomic E-state index is -3.82. The van der Waals surface area contributed by atoms with E-state index in [4.69, 9.17) is 9.47 Å². The van der Waals surface area contributed by atoms with Crippen LogP contribution in [0.4, 0.5) is 0 Å². The van der Waals surface area contributed by atoms with Crippen molar-refractivity contribution in [3.63, 3.8) is 0 Å². The maximum atomic E-state index is 12.8. The molecule has 0 atom stereocenters. The Morgan fingerprint density at radius 1 is 1.07 bits per heavy atom. The van der Waals surface area contributed by atoms with E-state index in [0.717, 1.165) is 16.5 Å². The monoisotopic (exact) mass is 427 g/mol. The molecule has 0 saturated heterocycles. The van der Waals surface area contributed by atoms with Gasteiger partial charge in [-0.25, -0.2) is 13.1 Å². The number of aromatic nitrogens is 4. The molecule has 4 rings (SSSR count). The molecule has 2 aromatic heterocycles. The fraction of sp³-hybridized carbons (Fsp3) is 0.250. The van der Waals surface area contributed by atoms with E-state index in [1.807, 2.05) is 31.2 Å². The highest BCUT2D eigenvalue weighted by molar-refractivity contribution is 7.89. The fourth-order valence-corrected chi connectivity index (χ4v) is 4.51. The zero-order valence-electron chi connectivity index (χ0n) is 16.8. The van der Waals surface area contributed by atoms with Gasteiger partial charge in [-0.2, -0.15) is 9.61 Å². The first-order valence-electron chi connectivity index (χ1n) is 9.24. The van der Waals surface area contributed by atoms with E-state index in [0.29, 0.717) is 17.0 Å². The number of fused-ring (bicyclic) bond motifs is 3. The Kier molecular flexibility index (Phi) is 5.37. The van der Waals surface area contributed by atoms with Gasteiger partial charge < -0.3 is 9.47 Å². The molecule has 0 amide bonds. The molecular formula is C20H21N5O4S. The van der Waals surface area contributed by atoms with Gasteiger partial charge in [-0.3, -0.25) is 0 Å². The van der Waals surface area contributed by atoms with Crippen LogP contribution in [0.1, 0.15) is 5.69 Å². The topological polar surface area (TPSA) is 108 Å². The summed E-state index contributed by atoms with van der Waals surface area (Å²) in [5.74, 6) is 0.668. The Bertz CT molecular complexity index is 1330. The number of nitrogens with one attached hydrogen (secondary N) is 1. The van der Waals surface area contributed by atoms with Crippen LogP contribution in [0.3, 0.4) is 0 Å². The third-order valence-electron chi connectivity index (χ3n) is 4.76.